The Balaban J connectivity index is 3.13. The van der Waals surface area contributed by atoms with Crippen LogP contribution in [0.5, 0.6) is 5.75 Å². The number of anilines is 1. The summed E-state index contributed by atoms with van der Waals surface area (Å²) in [6.07, 6.45) is 0. The van der Waals surface area contributed by atoms with E-state index >= 15 is 0 Å². The zero-order valence-electron chi connectivity index (χ0n) is 10.2. The first kappa shape index (κ1) is 14.4. The molecule has 0 aliphatic rings. The van der Waals surface area contributed by atoms with Crippen LogP contribution in [-0.2, 0) is 9.59 Å². The summed E-state index contributed by atoms with van der Waals surface area (Å²) in [5, 5.41) is 7.87. The van der Waals surface area contributed by atoms with E-state index in [1.54, 1.807) is 18.2 Å². The minimum Gasteiger partial charge on any atom is -0.494 e. The summed E-state index contributed by atoms with van der Waals surface area (Å²) in [4.78, 5) is 22.3. The van der Waals surface area contributed by atoms with Crippen LogP contribution in [0.15, 0.2) is 18.2 Å². The van der Waals surface area contributed by atoms with Crippen molar-refractivity contribution in [2.24, 2.45) is 0 Å². The number of hydrogen-bond donors (Lipinski definition) is 2. The second-order valence-corrected chi connectivity index (χ2v) is 4.83. The van der Waals surface area contributed by atoms with Gasteiger partial charge in [0.25, 0.3) is 0 Å². The highest BCUT2D eigenvalue weighted by atomic mass is 32.2. The molecular weight excluding hydrogens is 254 g/mol. The van der Waals surface area contributed by atoms with Gasteiger partial charge in [0.15, 0.2) is 5.12 Å². The van der Waals surface area contributed by atoms with E-state index in [1.165, 1.54) is 6.92 Å². The molecule has 6 heteroatoms. The predicted octanol–water partition coefficient (Wildman–Crippen LogP) is 2.07. The van der Waals surface area contributed by atoms with E-state index in [1.807, 2.05) is 6.92 Å². The molecule has 0 aliphatic carbocycles. The van der Waals surface area contributed by atoms with Crippen molar-refractivity contribution in [2.75, 3.05) is 12.3 Å². The van der Waals surface area contributed by atoms with Gasteiger partial charge in [-0.05, 0) is 25.1 Å². The highest BCUT2D eigenvalue weighted by Gasteiger charge is 2.25. The smallest absolute Gasteiger partial charge is 0.321 e. The fourth-order valence-corrected chi connectivity index (χ4v) is 2.21. The van der Waals surface area contributed by atoms with Crippen molar-refractivity contribution >= 4 is 28.5 Å². The fraction of sp³-hybridized carbons (Fsp3) is 0.333. The number of ether oxygens (including phenoxy) is 1. The first-order valence-corrected chi connectivity index (χ1v) is 6.26. The lowest BCUT2D eigenvalue weighted by Gasteiger charge is -2.14. The van der Waals surface area contributed by atoms with E-state index in [0.717, 1.165) is 11.8 Å². The molecule has 1 unspecified atom stereocenters. The molecule has 0 saturated carbocycles. The molecule has 0 radical (unpaired) electrons. The Morgan fingerprint density at radius 2 is 2.17 bits per heavy atom. The second-order valence-electron chi connectivity index (χ2n) is 3.55. The maximum atomic E-state index is 11.2. The Kier molecular flexibility index (Phi) is 5.03. The van der Waals surface area contributed by atoms with Crippen LogP contribution in [0, 0.1) is 0 Å². The van der Waals surface area contributed by atoms with Crippen molar-refractivity contribution in [1.82, 2.24) is 0 Å². The number of nitrogens with two attached hydrogens (primary N) is 1. The number of nitrogen functional groups attached to an aromatic ring is 1. The third kappa shape index (κ3) is 3.66. The molecule has 1 atom stereocenters. The minimum absolute atomic E-state index is 0.274. The summed E-state index contributed by atoms with van der Waals surface area (Å²) in [6, 6.07) is 4.81. The summed E-state index contributed by atoms with van der Waals surface area (Å²) in [6.45, 7) is 3.62. The fourth-order valence-electron chi connectivity index (χ4n) is 1.45. The lowest BCUT2D eigenvalue weighted by molar-refractivity contribution is -0.136. The van der Waals surface area contributed by atoms with E-state index < -0.39 is 11.2 Å². The van der Waals surface area contributed by atoms with E-state index in [2.05, 4.69) is 0 Å². The summed E-state index contributed by atoms with van der Waals surface area (Å²) in [7, 11) is 0. The van der Waals surface area contributed by atoms with Crippen LogP contribution in [0.25, 0.3) is 0 Å². The second kappa shape index (κ2) is 6.30. The third-order valence-electron chi connectivity index (χ3n) is 2.16. The molecule has 0 amide bonds. The molecule has 18 heavy (non-hydrogen) atoms. The molecule has 3 N–H and O–H groups in total. The number of carbonyl (C=O) groups excluding carboxylic acids is 1. The first-order valence-electron chi connectivity index (χ1n) is 5.38. The number of thioether (sulfide) groups is 1. The molecule has 0 bridgehead atoms. The van der Waals surface area contributed by atoms with Crippen LogP contribution in [-0.4, -0.2) is 22.8 Å². The quantitative estimate of drug-likeness (QED) is 0.795. The topological polar surface area (TPSA) is 89.6 Å². The number of benzene rings is 1. The van der Waals surface area contributed by atoms with E-state index in [-0.39, 0.29) is 5.12 Å². The molecule has 1 aromatic carbocycles. The average Bonchev–Trinajstić information content (AvgIpc) is 2.28. The average molecular weight is 269 g/mol. The van der Waals surface area contributed by atoms with Crippen molar-refractivity contribution in [3.8, 4) is 5.75 Å². The minimum atomic E-state index is -1.10. The summed E-state index contributed by atoms with van der Waals surface area (Å²) < 4.78 is 5.29. The van der Waals surface area contributed by atoms with Crippen LogP contribution < -0.4 is 10.5 Å². The number of hydrogen-bond acceptors (Lipinski definition) is 5. The van der Waals surface area contributed by atoms with Gasteiger partial charge in [-0.2, -0.15) is 0 Å². The van der Waals surface area contributed by atoms with Gasteiger partial charge in [-0.3, -0.25) is 9.59 Å². The summed E-state index contributed by atoms with van der Waals surface area (Å²) in [5.74, 6) is -0.562. The number of aliphatic carboxylic acids is 1. The van der Waals surface area contributed by atoms with Crippen LogP contribution >= 0.6 is 11.8 Å². The van der Waals surface area contributed by atoms with Crippen molar-refractivity contribution in [2.45, 2.75) is 19.1 Å². The van der Waals surface area contributed by atoms with Gasteiger partial charge >= 0.3 is 5.97 Å². The molecule has 0 aromatic heterocycles. The van der Waals surface area contributed by atoms with Gasteiger partial charge in [0.05, 0.1) is 6.61 Å². The van der Waals surface area contributed by atoms with Gasteiger partial charge in [0, 0.05) is 18.2 Å². The third-order valence-corrected chi connectivity index (χ3v) is 3.18. The number of rotatable bonds is 5. The van der Waals surface area contributed by atoms with Crippen LogP contribution in [0.4, 0.5) is 5.69 Å². The highest BCUT2D eigenvalue weighted by Crippen LogP contribution is 2.35. The van der Waals surface area contributed by atoms with E-state index in [4.69, 9.17) is 15.6 Å². The van der Waals surface area contributed by atoms with E-state index in [9.17, 15) is 9.59 Å². The Hall–Kier alpha value is -1.69. The Labute approximate surface area is 109 Å². The molecule has 0 heterocycles. The molecule has 0 fully saturated rings. The van der Waals surface area contributed by atoms with Gasteiger partial charge in [-0.25, -0.2) is 0 Å². The summed E-state index contributed by atoms with van der Waals surface area (Å²) in [5.41, 5.74) is 6.47. The van der Waals surface area contributed by atoms with Crippen molar-refractivity contribution in [3.05, 3.63) is 23.8 Å². The molecule has 1 rings (SSSR count). The zero-order valence-corrected chi connectivity index (χ0v) is 11.0. The molecular formula is C12H15NO4S. The monoisotopic (exact) mass is 269 g/mol. The van der Waals surface area contributed by atoms with Crippen molar-refractivity contribution < 1.29 is 19.4 Å². The largest absolute Gasteiger partial charge is 0.494 e. The number of carbonyl (C=O) groups is 2. The van der Waals surface area contributed by atoms with Gasteiger partial charge in [-0.1, -0.05) is 11.8 Å². The van der Waals surface area contributed by atoms with Crippen molar-refractivity contribution in [3.63, 3.8) is 0 Å². The molecule has 1 aromatic rings. The maximum Gasteiger partial charge on any atom is 0.321 e. The first-order chi connectivity index (χ1) is 8.45. The SMILES string of the molecule is CCOc1ccc(N)c(C(SC(C)=O)C(=O)O)c1. The normalized spacial score (nSPS) is 11.9. The predicted molar refractivity (Wildman–Crippen MR) is 70.7 cm³/mol. The molecule has 5 nitrogen and oxygen atoms in total. The molecule has 0 spiro atoms. The van der Waals surface area contributed by atoms with Gasteiger partial charge in [0.1, 0.15) is 11.0 Å². The van der Waals surface area contributed by atoms with Gasteiger partial charge in [0.2, 0.25) is 0 Å². The number of carboxylic acid groups (broad SMARTS) is 1. The van der Waals surface area contributed by atoms with Crippen LogP contribution in [0.1, 0.15) is 24.7 Å². The Bertz CT molecular complexity index is 461. The van der Waals surface area contributed by atoms with Crippen molar-refractivity contribution in [1.29, 1.82) is 0 Å². The van der Waals surface area contributed by atoms with E-state index in [0.29, 0.717) is 23.6 Å². The van der Waals surface area contributed by atoms with Crippen LogP contribution in [0.3, 0.4) is 0 Å². The lowest BCUT2D eigenvalue weighted by Crippen LogP contribution is -2.12. The molecule has 0 aliphatic heterocycles. The van der Waals surface area contributed by atoms with Gasteiger partial charge < -0.3 is 15.6 Å². The van der Waals surface area contributed by atoms with Gasteiger partial charge in [-0.15, -0.1) is 0 Å². The number of carboxylic acids is 1. The maximum absolute atomic E-state index is 11.2. The zero-order chi connectivity index (χ0) is 13.7. The lowest BCUT2D eigenvalue weighted by atomic mass is 10.1. The Morgan fingerprint density at radius 3 is 2.67 bits per heavy atom. The highest BCUT2D eigenvalue weighted by molar-refractivity contribution is 8.14. The van der Waals surface area contributed by atoms with Crippen LogP contribution in [0.2, 0.25) is 0 Å². The Morgan fingerprint density at radius 1 is 1.50 bits per heavy atom. The molecule has 0 saturated heterocycles. The summed E-state index contributed by atoms with van der Waals surface area (Å²) >= 11 is 0.728. The standard InChI is InChI=1S/C12H15NO4S/c1-3-17-8-4-5-10(13)9(6-8)11(12(15)16)18-7(2)14/h4-6,11H,3,13H2,1-2H3,(H,15,16). The molecule has 98 valence electrons.